The fourth-order valence-corrected chi connectivity index (χ4v) is 3.87. The SMILES string of the molecule is Fc1cccnc1COCc1nc(N2CCCCC2)c2cc(Cl)c(Br)c(F)c2n1. The van der Waals surface area contributed by atoms with E-state index in [4.69, 9.17) is 16.3 Å². The van der Waals surface area contributed by atoms with Crippen LogP contribution in [0.4, 0.5) is 14.6 Å². The van der Waals surface area contributed by atoms with Crippen molar-refractivity contribution in [1.29, 1.82) is 0 Å². The van der Waals surface area contributed by atoms with Gasteiger partial charge in [-0.25, -0.2) is 18.7 Å². The van der Waals surface area contributed by atoms with Crippen molar-refractivity contribution in [3.8, 4) is 0 Å². The Hall–Kier alpha value is -1.90. The lowest BCUT2D eigenvalue weighted by atomic mass is 10.1. The first kappa shape index (κ1) is 20.4. The maximum Gasteiger partial charge on any atom is 0.165 e. The molecule has 3 aromatic rings. The molecule has 1 aliphatic heterocycles. The van der Waals surface area contributed by atoms with Crippen molar-refractivity contribution in [1.82, 2.24) is 15.0 Å². The molecule has 0 saturated carbocycles. The Labute approximate surface area is 180 Å². The molecule has 1 saturated heterocycles. The van der Waals surface area contributed by atoms with E-state index < -0.39 is 11.6 Å². The van der Waals surface area contributed by atoms with Gasteiger partial charge in [-0.3, -0.25) is 4.98 Å². The molecule has 5 nitrogen and oxygen atoms in total. The number of halogens is 4. The molecule has 0 amide bonds. The van der Waals surface area contributed by atoms with E-state index in [0.29, 0.717) is 17.0 Å². The second-order valence-electron chi connectivity index (χ2n) is 6.82. The molecule has 1 aliphatic rings. The van der Waals surface area contributed by atoms with Gasteiger partial charge in [0.15, 0.2) is 11.6 Å². The minimum Gasteiger partial charge on any atom is -0.367 e. The molecule has 3 heterocycles. The van der Waals surface area contributed by atoms with E-state index in [9.17, 15) is 8.78 Å². The van der Waals surface area contributed by atoms with E-state index in [1.165, 1.54) is 18.3 Å². The van der Waals surface area contributed by atoms with E-state index in [2.05, 4.69) is 35.8 Å². The zero-order valence-electron chi connectivity index (χ0n) is 15.5. The van der Waals surface area contributed by atoms with Gasteiger partial charge in [-0.15, -0.1) is 0 Å². The number of piperidine rings is 1. The Morgan fingerprint density at radius 1 is 1.14 bits per heavy atom. The fraction of sp³-hybridized carbons (Fsp3) is 0.350. The third-order valence-corrected chi connectivity index (χ3v) is 6.12. The van der Waals surface area contributed by atoms with E-state index in [1.54, 1.807) is 6.07 Å². The van der Waals surface area contributed by atoms with Gasteiger partial charge in [0, 0.05) is 24.7 Å². The summed E-state index contributed by atoms with van der Waals surface area (Å²) < 4.78 is 34.3. The van der Waals surface area contributed by atoms with Crippen molar-refractivity contribution < 1.29 is 13.5 Å². The fourth-order valence-electron chi connectivity index (χ4n) is 3.38. The molecule has 0 bridgehead atoms. The topological polar surface area (TPSA) is 51.1 Å². The number of ether oxygens (including phenoxy) is 1. The van der Waals surface area contributed by atoms with Gasteiger partial charge in [-0.1, -0.05) is 11.6 Å². The molecule has 0 atom stereocenters. The van der Waals surface area contributed by atoms with Gasteiger partial charge < -0.3 is 9.64 Å². The highest BCUT2D eigenvalue weighted by atomic mass is 79.9. The Morgan fingerprint density at radius 2 is 1.93 bits per heavy atom. The quantitative estimate of drug-likeness (QED) is 0.453. The highest BCUT2D eigenvalue weighted by molar-refractivity contribution is 9.10. The number of hydrogen-bond donors (Lipinski definition) is 0. The molecule has 1 aromatic carbocycles. The third kappa shape index (κ3) is 4.34. The van der Waals surface area contributed by atoms with Gasteiger partial charge in [-0.2, -0.15) is 0 Å². The van der Waals surface area contributed by atoms with Gasteiger partial charge in [0.1, 0.15) is 29.5 Å². The second-order valence-corrected chi connectivity index (χ2v) is 8.02. The molecule has 1 fully saturated rings. The summed E-state index contributed by atoms with van der Waals surface area (Å²) in [6.45, 7) is 1.65. The van der Waals surface area contributed by atoms with Crippen molar-refractivity contribution in [2.24, 2.45) is 0 Å². The molecule has 0 aliphatic carbocycles. The average Bonchev–Trinajstić information content (AvgIpc) is 2.74. The third-order valence-electron chi connectivity index (χ3n) is 4.81. The van der Waals surface area contributed by atoms with Crippen LogP contribution in [-0.2, 0) is 18.0 Å². The van der Waals surface area contributed by atoms with E-state index >= 15 is 0 Å². The summed E-state index contributed by atoms with van der Waals surface area (Å²) in [7, 11) is 0. The summed E-state index contributed by atoms with van der Waals surface area (Å²) in [5, 5.41) is 0.837. The summed E-state index contributed by atoms with van der Waals surface area (Å²) in [5.74, 6) is -0.0103. The zero-order valence-corrected chi connectivity index (χ0v) is 17.8. The van der Waals surface area contributed by atoms with Crippen LogP contribution in [0.1, 0.15) is 30.8 Å². The average molecular weight is 484 g/mol. The lowest BCUT2D eigenvalue weighted by Crippen LogP contribution is -2.30. The number of anilines is 1. The van der Waals surface area contributed by atoms with Crippen molar-refractivity contribution in [2.75, 3.05) is 18.0 Å². The molecular weight excluding hydrogens is 466 g/mol. The van der Waals surface area contributed by atoms with Crippen LogP contribution in [0, 0.1) is 11.6 Å². The van der Waals surface area contributed by atoms with Gasteiger partial charge >= 0.3 is 0 Å². The number of pyridine rings is 1. The maximum atomic E-state index is 14.9. The van der Waals surface area contributed by atoms with Gasteiger partial charge in [0.05, 0.1) is 16.1 Å². The van der Waals surface area contributed by atoms with Crippen molar-refractivity contribution >= 4 is 44.3 Å². The highest BCUT2D eigenvalue weighted by Gasteiger charge is 2.21. The summed E-state index contributed by atoms with van der Waals surface area (Å²) in [4.78, 5) is 15.1. The zero-order chi connectivity index (χ0) is 20.4. The van der Waals surface area contributed by atoms with Crippen molar-refractivity contribution in [3.05, 3.63) is 57.0 Å². The molecule has 29 heavy (non-hydrogen) atoms. The molecule has 0 N–H and O–H groups in total. The molecule has 9 heteroatoms. The summed E-state index contributed by atoms with van der Waals surface area (Å²) in [6, 6.07) is 4.52. The van der Waals surface area contributed by atoms with E-state index in [-0.39, 0.29) is 33.9 Å². The standard InChI is InChI=1S/C20H18BrClF2N4O/c21-17-13(22)9-12-19(18(17)24)26-16(27-20(12)28-7-2-1-3-8-28)11-29-10-15-14(23)5-4-6-25-15/h4-6,9H,1-3,7-8,10-11H2. The largest absolute Gasteiger partial charge is 0.367 e. The second kappa shape index (κ2) is 8.85. The monoisotopic (exact) mass is 482 g/mol. The molecule has 0 spiro atoms. The van der Waals surface area contributed by atoms with Crippen LogP contribution in [0.3, 0.4) is 0 Å². The van der Waals surface area contributed by atoms with Gasteiger partial charge in [0.2, 0.25) is 0 Å². The molecule has 0 radical (unpaired) electrons. The molecule has 152 valence electrons. The highest BCUT2D eigenvalue weighted by Crippen LogP contribution is 2.36. The normalized spacial score (nSPS) is 14.6. The van der Waals surface area contributed by atoms with E-state index in [0.717, 1.165) is 32.4 Å². The van der Waals surface area contributed by atoms with Crippen LogP contribution in [0.5, 0.6) is 0 Å². The van der Waals surface area contributed by atoms with Crippen LogP contribution in [0.2, 0.25) is 5.02 Å². The minimum atomic E-state index is -0.537. The number of fused-ring (bicyclic) bond motifs is 1. The van der Waals surface area contributed by atoms with Crippen molar-refractivity contribution in [2.45, 2.75) is 32.5 Å². The Kier molecular flexibility index (Phi) is 6.22. The first-order valence-corrected chi connectivity index (χ1v) is 10.5. The van der Waals surface area contributed by atoms with Crippen LogP contribution in [0.15, 0.2) is 28.9 Å². The Morgan fingerprint density at radius 3 is 2.69 bits per heavy atom. The molecule has 0 unspecified atom stereocenters. The number of aromatic nitrogens is 3. The van der Waals surface area contributed by atoms with Gasteiger partial charge in [-0.05, 0) is 53.4 Å². The Bertz CT molecular complexity index is 1050. The number of rotatable bonds is 5. The van der Waals surface area contributed by atoms with Crippen molar-refractivity contribution in [3.63, 3.8) is 0 Å². The minimum absolute atomic E-state index is 0.00643. The van der Waals surface area contributed by atoms with Crippen LogP contribution < -0.4 is 4.90 Å². The smallest absolute Gasteiger partial charge is 0.165 e. The summed E-state index contributed by atoms with van der Waals surface area (Å²) in [5.41, 5.74) is 0.379. The lowest BCUT2D eigenvalue weighted by Gasteiger charge is -2.29. The maximum absolute atomic E-state index is 14.9. The van der Waals surface area contributed by atoms with E-state index in [1.807, 2.05) is 0 Å². The van der Waals surface area contributed by atoms with Crippen LogP contribution in [0.25, 0.3) is 10.9 Å². The predicted molar refractivity (Wildman–Crippen MR) is 111 cm³/mol. The first-order chi connectivity index (χ1) is 14.0. The lowest BCUT2D eigenvalue weighted by molar-refractivity contribution is 0.0969. The number of hydrogen-bond acceptors (Lipinski definition) is 5. The Balaban J connectivity index is 1.67. The molecule has 2 aromatic heterocycles. The predicted octanol–water partition coefficient (Wildman–Crippen LogP) is 5.43. The molecular formula is C20H18BrClF2N4O. The first-order valence-electron chi connectivity index (χ1n) is 9.31. The molecule has 4 rings (SSSR count). The summed E-state index contributed by atoms with van der Waals surface area (Å²) in [6.07, 6.45) is 4.75. The van der Waals surface area contributed by atoms with Crippen LogP contribution >= 0.6 is 27.5 Å². The number of benzene rings is 1. The summed E-state index contributed by atoms with van der Waals surface area (Å²) >= 11 is 9.36. The van der Waals surface area contributed by atoms with Gasteiger partial charge in [0.25, 0.3) is 0 Å². The number of nitrogens with zero attached hydrogens (tertiary/aromatic N) is 4. The van der Waals surface area contributed by atoms with Crippen LogP contribution in [-0.4, -0.2) is 28.0 Å².